The maximum atomic E-state index is 12.8. The fraction of sp³-hybridized carbons (Fsp3) is 0.896. The van der Waals surface area contributed by atoms with Crippen LogP contribution < -0.4 is 5.32 Å². The molecule has 0 saturated carbocycles. The molecule has 0 spiro atoms. The molecule has 3 amide bonds. The Morgan fingerprint density at radius 3 is 0.963 bits per heavy atom. The van der Waals surface area contributed by atoms with Crippen LogP contribution in [-0.2, 0) is 27.8 Å². The van der Waals surface area contributed by atoms with Crippen molar-refractivity contribution in [2.45, 2.75) is 338 Å². The molecule has 13 heteroatoms. The summed E-state index contributed by atoms with van der Waals surface area (Å²) in [6.07, 6.45) is 52.7. The number of nitrogens with zero attached hydrogens (tertiary/aromatic N) is 2. The van der Waals surface area contributed by atoms with E-state index in [0.717, 1.165) is 44.9 Å². The van der Waals surface area contributed by atoms with Crippen LogP contribution in [0.2, 0.25) is 0 Å². The number of rotatable bonds is 50. The van der Waals surface area contributed by atoms with Gasteiger partial charge in [0, 0.05) is 38.9 Å². The van der Waals surface area contributed by atoms with E-state index in [1.807, 2.05) is 69.2 Å². The number of alkyl carbamates (subject to hydrolysis) is 1. The molecule has 0 atom stereocenters. The summed E-state index contributed by atoms with van der Waals surface area (Å²) in [4.78, 5) is 40.9. The van der Waals surface area contributed by atoms with E-state index in [1.54, 1.807) is 9.80 Å². The largest absolute Gasteiger partial charge is 0.444 e. The molecule has 0 aromatic carbocycles. The minimum absolute atomic E-state index is 0.287. The second-order valence-electron chi connectivity index (χ2n) is 25.3. The molecule has 1 N–H and O–H groups in total. The monoisotopic (exact) mass is 1150 g/mol. The summed E-state index contributed by atoms with van der Waals surface area (Å²) in [6.45, 7) is 29.0. The smallest absolute Gasteiger partial charge is 0.410 e. The number of ether oxygens (including phenoxy) is 3. The van der Waals surface area contributed by atoms with Crippen molar-refractivity contribution in [2.75, 3.05) is 52.1 Å². The van der Waals surface area contributed by atoms with Gasteiger partial charge in [0.1, 0.15) is 16.8 Å². The van der Waals surface area contributed by atoms with Gasteiger partial charge in [0.15, 0.2) is 0 Å². The van der Waals surface area contributed by atoms with Crippen LogP contribution in [0.3, 0.4) is 0 Å². The average Bonchev–Trinajstić information content (AvgIpc) is 3.38. The molecule has 474 valence electrons. The van der Waals surface area contributed by atoms with E-state index < -0.39 is 30.5 Å². The van der Waals surface area contributed by atoms with Crippen LogP contribution in [0.1, 0.15) is 321 Å². The zero-order valence-corrected chi connectivity index (χ0v) is 55.8. The third kappa shape index (κ3) is 58.6. The standard InChI is InChI=1S/C38H75O3P.C29H57N3O6/c1-4-7-9-11-13-15-17-19-21-23-25-27-29-31-33-35-37-40-42(39,6-3)41-38-36-34-32-30-28-26-24-22-20-18-16-14-12-10-8-5-2;1-11-12-13-14-15-20-31(25(34)37-28(5,6)7)21-16-17-22-32(26(35)38-29(8,9)10)23-18-19-30-24(33)36-27(2,3)4/h19-22H,4-18,23-38H2,1-3H3;11-23H2,1-10H3,(H,30,33)/b21-19-,22-20-;. The number of amides is 3. The van der Waals surface area contributed by atoms with Gasteiger partial charge < -0.3 is 38.4 Å². The van der Waals surface area contributed by atoms with E-state index in [4.69, 9.17) is 23.3 Å². The summed E-state index contributed by atoms with van der Waals surface area (Å²) in [5.41, 5.74) is -1.71. The van der Waals surface area contributed by atoms with Crippen LogP contribution in [0.4, 0.5) is 14.4 Å². The normalized spacial score (nSPS) is 12.2. The molecule has 0 aromatic heterocycles. The van der Waals surface area contributed by atoms with E-state index >= 15 is 0 Å². The molecule has 0 unspecified atom stereocenters. The predicted molar refractivity (Wildman–Crippen MR) is 341 cm³/mol. The SMILES string of the molecule is CCCCCCCC/C=C\CCCCCCCCOP(=O)(CC)OCCCCCCCC/C=C\CCCCCCCC.CCCCCCCN(CCCCN(CCCNC(=O)OC(C)(C)C)C(=O)OC(C)(C)C)C(=O)OC(C)(C)C. The van der Waals surface area contributed by atoms with Crippen molar-refractivity contribution in [1.82, 2.24) is 15.1 Å². The number of hydrogen-bond donors (Lipinski definition) is 1. The van der Waals surface area contributed by atoms with Crippen molar-refractivity contribution >= 4 is 25.9 Å². The molecule has 12 nitrogen and oxygen atoms in total. The van der Waals surface area contributed by atoms with Gasteiger partial charge in [-0.2, -0.15) is 0 Å². The number of carbonyl (C=O) groups is 3. The lowest BCUT2D eigenvalue weighted by atomic mass is 10.1. The molecular formula is C67H132N3O9P. The number of unbranched alkanes of at least 4 members (excludes halogenated alkanes) is 29. The highest BCUT2D eigenvalue weighted by atomic mass is 31.2. The Labute approximate surface area is 495 Å². The van der Waals surface area contributed by atoms with Gasteiger partial charge in [-0.1, -0.05) is 193 Å². The molecule has 0 rings (SSSR count). The Hall–Kier alpha value is -2.56. The predicted octanol–water partition coefficient (Wildman–Crippen LogP) is 21.4. The molecule has 0 aromatic rings. The van der Waals surface area contributed by atoms with Crippen LogP contribution >= 0.6 is 7.60 Å². The van der Waals surface area contributed by atoms with Crippen LogP contribution in [0.5, 0.6) is 0 Å². The lowest BCUT2D eigenvalue weighted by Crippen LogP contribution is -2.40. The zero-order chi connectivity index (χ0) is 60.1. The Bertz CT molecular complexity index is 1490. The van der Waals surface area contributed by atoms with Crippen LogP contribution in [0.25, 0.3) is 0 Å². The first kappa shape index (κ1) is 79.5. The van der Waals surface area contributed by atoms with Crippen molar-refractivity contribution in [3.63, 3.8) is 0 Å². The van der Waals surface area contributed by atoms with Gasteiger partial charge in [0.25, 0.3) is 0 Å². The van der Waals surface area contributed by atoms with Gasteiger partial charge in [-0.05, 0) is 152 Å². The van der Waals surface area contributed by atoms with Gasteiger partial charge >= 0.3 is 25.9 Å². The summed E-state index contributed by atoms with van der Waals surface area (Å²) in [6, 6.07) is 0. The third-order valence-electron chi connectivity index (χ3n) is 13.5. The summed E-state index contributed by atoms with van der Waals surface area (Å²) in [5.74, 6) is 0. The first-order valence-corrected chi connectivity index (χ1v) is 35.0. The fourth-order valence-electron chi connectivity index (χ4n) is 8.85. The van der Waals surface area contributed by atoms with E-state index in [-0.39, 0.29) is 12.2 Å². The Kier molecular flexibility index (Phi) is 52.9. The second kappa shape index (κ2) is 53.2. The van der Waals surface area contributed by atoms with Gasteiger partial charge in [0.05, 0.1) is 13.2 Å². The molecular weight excluding hydrogens is 1020 g/mol. The highest BCUT2D eigenvalue weighted by Crippen LogP contribution is 2.48. The van der Waals surface area contributed by atoms with E-state index in [2.05, 4.69) is 50.4 Å². The Morgan fingerprint density at radius 2 is 0.650 bits per heavy atom. The Balaban J connectivity index is 0. The number of hydrogen-bond acceptors (Lipinski definition) is 9. The summed E-state index contributed by atoms with van der Waals surface area (Å²) in [7, 11) is -2.90. The molecule has 0 fully saturated rings. The van der Waals surface area contributed by atoms with Gasteiger partial charge in [-0.25, -0.2) is 14.4 Å². The number of nitrogens with one attached hydrogen (secondary N) is 1. The molecule has 80 heavy (non-hydrogen) atoms. The van der Waals surface area contributed by atoms with E-state index in [1.165, 1.54) is 173 Å². The van der Waals surface area contributed by atoms with E-state index in [0.29, 0.717) is 64.9 Å². The van der Waals surface area contributed by atoms with Crippen molar-refractivity contribution < 1.29 is 42.2 Å². The lowest BCUT2D eigenvalue weighted by molar-refractivity contribution is 0.0206. The van der Waals surface area contributed by atoms with Crippen LogP contribution in [0, 0.1) is 0 Å². The molecule has 0 aliphatic heterocycles. The summed E-state index contributed by atoms with van der Waals surface area (Å²) < 4.78 is 40.8. The molecule has 0 aliphatic rings. The van der Waals surface area contributed by atoms with Crippen molar-refractivity contribution in [2.24, 2.45) is 0 Å². The highest BCUT2D eigenvalue weighted by molar-refractivity contribution is 7.53. The van der Waals surface area contributed by atoms with Crippen LogP contribution in [-0.4, -0.2) is 97.0 Å². The first-order chi connectivity index (χ1) is 38.1. The molecule has 0 bridgehead atoms. The molecule has 0 radical (unpaired) electrons. The second-order valence-corrected chi connectivity index (χ2v) is 27.7. The van der Waals surface area contributed by atoms with Crippen molar-refractivity contribution in [3.8, 4) is 0 Å². The first-order valence-electron chi connectivity index (χ1n) is 33.2. The van der Waals surface area contributed by atoms with E-state index in [9.17, 15) is 18.9 Å². The third-order valence-corrected chi connectivity index (χ3v) is 15.4. The molecule has 0 saturated heterocycles. The number of carbonyl (C=O) groups excluding carboxylic acids is 3. The average molecular weight is 1150 g/mol. The maximum Gasteiger partial charge on any atom is 0.410 e. The van der Waals surface area contributed by atoms with Crippen LogP contribution in [0.15, 0.2) is 24.3 Å². The minimum atomic E-state index is -2.90. The van der Waals surface area contributed by atoms with Crippen molar-refractivity contribution in [3.05, 3.63) is 24.3 Å². The molecule has 0 aliphatic carbocycles. The maximum absolute atomic E-state index is 12.8. The van der Waals surface area contributed by atoms with Gasteiger partial charge in [0.2, 0.25) is 0 Å². The minimum Gasteiger partial charge on any atom is -0.444 e. The van der Waals surface area contributed by atoms with Gasteiger partial charge in [-0.15, -0.1) is 0 Å². The van der Waals surface area contributed by atoms with Crippen molar-refractivity contribution in [1.29, 1.82) is 0 Å². The number of allylic oxidation sites excluding steroid dienone is 4. The Morgan fingerprint density at radius 1 is 0.375 bits per heavy atom. The summed E-state index contributed by atoms with van der Waals surface area (Å²) in [5, 5.41) is 2.73. The lowest BCUT2D eigenvalue weighted by Gasteiger charge is -2.29. The highest BCUT2D eigenvalue weighted by Gasteiger charge is 2.25. The fourth-order valence-corrected chi connectivity index (χ4v) is 10.1. The van der Waals surface area contributed by atoms with Gasteiger partial charge in [-0.3, -0.25) is 4.57 Å². The topological polar surface area (TPSA) is 133 Å². The zero-order valence-electron chi connectivity index (χ0n) is 54.9. The quantitative estimate of drug-likeness (QED) is 0.0274. The molecule has 0 heterocycles. The summed E-state index contributed by atoms with van der Waals surface area (Å²) >= 11 is 0.